The fraction of sp³-hybridized carbons (Fsp3) is 0.364. The first kappa shape index (κ1) is 12.5. The number of rotatable bonds is 2. The third kappa shape index (κ3) is 3.09. The first-order chi connectivity index (χ1) is 6.65. The van der Waals surface area contributed by atoms with E-state index in [0.717, 1.165) is 5.57 Å². The van der Waals surface area contributed by atoms with Crippen LogP contribution >= 0.6 is 0 Å². The lowest BCUT2D eigenvalue weighted by molar-refractivity contribution is -0.132. The van der Waals surface area contributed by atoms with Gasteiger partial charge in [0.15, 0.2) is 5.76 Å². The summed E-state index contributed by atoms with van der Waals surface area (Å²) in [5.41, 5.74) is 1.64. The Morgan fingerprint density at radius 1 is 1.50 bits per heavy atom. The van der Waals surface area contributed by atoms with E-state index in [4.69, 9.17) is 4.74 Å². The first-order valence-electron chi connectivity index (χ1n) is 4.64. The standard InChI is InChI=1S/C9H11NO2.C2H6/c1-4-10-7-5-8(11)12-9(7)6(2)3;1-2/h4-5,10H,1H2,2-3H3;1-2H3. The van der Waals surface area contributed by atoms with Crippen LogP contribution < -0.4 is 5.32 Å². The maximum atomic E-state index is 10.8. The molecule has 0 spiro atoms. The van der Waals surface area contributed by atoms with E-state index in [-0.39, 0.29) is 5.97 Å². The van der Waals surface area contributed by atoms with Crippen LogP contribution in [0.15, 0.2) is 35.9 Å². The number of esters is 1. The van der Waals surface area contributed by atoms with Crippen molar-refractivity contribution < 1.29 is 9.53 Å². The number of carbonyl (C=O) groups is 1. The summed E-state index contributed by atoms with van der Waals surface area (Å²) in [6.45, 7) is 11.3. The van der Waals surface area contributed by atoms with Crippen LogP contribution in [0.5, 0.6) is 0 Å². The average molecular weight is 195 g/mol. The van der Waals surface area contributed by atoms with Crippen LogP contribution in [0.3, 0.4) is 0 Å². The Balaban J connectivity index is 0.000000791. The molecule has 78 valence electrons. The van der Waals surface area contributed by atoms with Crippen LogP contribution in [0.4, 0.5) is 0 Å². The van der Waals surface area contributed by atoms with E-state index >= 15 is 0 Å². The van der Waals surface area contributed by atoms with Crippen molar-refractivity contribution in [2.45, 2.75) is 27.7 Å². The van der Waals surface area contributed by atoms with Gasteiger partial charge in [-0.15, -0.1) is 0 Å². The highest BCUT2D eigenvalue weighted by molar-refractivity contribution is 5.88. The predicted molar refractivity (Wildman–Crippen MR) is 57.2 cm³/mol. The molecule has 14 heavy (non-hydrogen) atoms. The fourth-order valence-corrected chi connectivity index (χ4v) is 0.957. The highest BCUT2D eigenvalue weighted by Gasteiger charge is 2.19. The predicted octanol–water partition coefficient (Wildman–Crippen LogP) is 2.48. The molecule has 3 nitrogen and oxygen atoms in total. The third-order valence-corrected chi connectivity index (χ3v) is 1.42. The van der Waals surface area contributed by atoms with Crippen LogP contribution in [0, 0.1) is 0 Å². The minimum Gasteiger partial charge on any atom is -0.421 e. The summed E-state index contributed by atoms with van der Waals surface area (Å²) < 4.78 is 4.93. The normalized spacial score (nSPS) is 13.6. The summed E-state index contributed by atoms with van der Waals surface area (Å²) in [6.07, 6.45) is 2.92. The highest BCUT2D eigenvalue weighted by Crippen LogP contribution is 2.20. The van der Waals surface area contributed by atoms with Crippen molar-refractivity contribution in [1.29, 1.82) is 0 Å². The monoisotopic (exact) mass is 195 g/mol. The van der Waals surface area contributed by atoms with E-state index < -0.39 is 0 Å². The quantitative estimate of drug-likeness (QED) is 0.688. The summed E-state index contributed by atoms with van der Waals surface area (Å²) in [4.78, 5) is 10.8. The Bertz CT molecular complexity index is 284. The van der Waals surface area contributed by atoms with Crippen molar-refractivity contribution in [2.75, 3.05) is 0 Å². The van der Waals surface area contributed by atoms with Crippen LogP contribution in [0.2, 0.25) is 0 Å². The van der Waals surface area contributed by atoms with Gasteiger partial charge in [-0.25, -0.2) is 4.79 Å². The number of allylic oxidation sites excluding steroid dienone is 1. The van der Waals surface area contributed by atoms with Gasteiger partial charge in [0.05, 0.1) is 11.8 Å². The van der Waals surface area contributed by atoms with Gasteiger partial charge in [0, 0.05) is 0 Å². The maximum absolute atomic E-state index is 10.8. The molecule has 0 saturated heterocycles. The molecule has 3 heteroatoms. The molecule has 0 aromatic carbocycles. The minimum atomic E-state index is -0.337. The summed E-state index contributed by atoms with van der Waals surface area (Å²) in [6, 6.07) is 0. The lowest BCUT2D eigenvalue weighted by atomic mass is 10.2. The Labute approximate surface area is 85.1 Å². The molecular formula is C11H17NO2. The summed E-state index contributed by atoms with van der Waals surface area (Å²) in [5, 5.41) is 2.83. The van der Waals surface area contributed by atoms with Gasteiger partial charge in [-0.05, 0) is 25.6 Å². The Hall–Kier alpha value is -1.51. The topological polar surface area (TPSA) is 38.3 Å². The van der Waals surface area contributed by atoms with Gasteiger partial charge in [-0.1, -0.05) is 20.4 Å². The molecule has 1 aliphatic rings. The maximum Gasteiger partial charge on any atom is 0.338 e. The molecule has 0 atom stereocenters. The molecule has 1 aliphatic heterocycles. The largest absolute Gasteiger partial charge is 0.421 e. The number of hydrogen-bond acceptors (Lipinski definition) is 3. The SMILES string of the molecule is C=CNC1=CC(=O)OC1=C(C)C.CC. The molecule has 0 aliphatic carbocycles. The Kier molecular flexibility index (Phi) is 5.37. The molecule has 1 heterocycles. The fourth-order valence-electron chi connectivity index (χ4n) is 0.957. The summed E-state index contributed by atoms with van der Waals surface area (Å²) in [5.74, 6) is 0.260. The second-order valence-corrected chi connectivity index (χ2v) is 2.66. The van der Waals surface area contributed by atoms with Gasteiger partial charge in [0.1, 0.15) is 0 Å². The van der Waals surface area contributed by atoms with Crippen molar-refractivity contribution in [3.63, 3.8) is 0 Å². The van der Waals surface area contributed by atoms with Crippen molar-refractivity contribution in [1.82, 2.24) is 5.32 Å². The first-order valence-corrected chi connectivity index (χ1v) is 4.64. The third-order valence-electron chi connectivity index (χ3n) is 1.42. The Morgan fingerprint density at radius 3 is 2.50 bits per heavy atom. The van der Waals surface area contributed by atoms with E-state index in [2.05, 4.69) is 11.9 Å². The zero-order valence-corrected chi connectivity index (χ0v) is 9.18. The molecule has 0 unspecified atom stereocenters. The van der Waals surface area contributed by atoms with Crippen LogP contribution in [0.25, 0.3) is 0 Å². The smallest absolute Gasteiger partial charge is 0.338 e. The minimum absolute atomic E-state index is 0.337. The van der Waals surface area contributed by atoms with Gasteiger partial charge in [0.25, 0.3) is 0 Å². The average Bonchev–Trinajstić information content (AvgIpc) is 2.51. The molecule has 0 saturated carbocycles. The zero-order valence-electron chi connectivity index (χ0n) is 9.18. The Morgan fingerprint density at radius 2 is 2.07 bits per heavy atom. The molecule has 0 fully saturated rings. The molecule has 1 rings (SSSR count). The van der Waals surface area contributed by atoms with Gasteiger partial charge >= 0.3 is 5.97 Å². The van der Waals surface area contributed by atoms with Crippen LogP contribution in [0.1, 0.15) is 27.7 Å². The van der Waals surface area contributed by atoms with E-state index in [1.807, 2.05) is 27.7 Å². The second kappa shape index (κ2) is 6.02. The second-order valence-electron chi connectivity index (χ2n) is 2.66. The molecule has 0 amide bonds. The number of cyclic esters (lactones) is 1. The van der Waals surface area contributed by atoms with Crippen LogP contribution in [-0.2, 0) is 9.53 Å². The number of ether oxygens (including phenoxy) is 1. The van der Waals surface area contributed by atoms with Gasteiger partial charge in [0.2, 0.25) is 0 Å². The van der Waals surface area contributed by atoms with E-state index in [1.54, 1.807) is 0 Å². The lowest BCUT2D eigenvalue weighted by Gasteiger charge is -2.04. The van der Waals surface area contributed by atoms with Gasteiger partial charge in [-0.3, -0.25) is 0 Å². The number of nitrogens with one attached hydrogen (secondary N) is 1. The number of hydrogen-bond donors (Lipinski definition) is 1. The highest BCUT2D eigenvalue weighted by atomic mass is 16.5. The molecular weight excluding hydrogens is 178 g/mol. The van der Waals surface area contributed by atoms with E-state index in [0.29, 0.717) is 11.5 Å². The van der Waals surface area contributed by atoms with Crippen molar-refractivity contribution in [3.05, 3.63) is 35.9 Å². The molecule has 0 radical (unpaired) electrons. The lowest BCUT2D eigenvalue weighted by Crippen LogP contribution is -2.05. The number of carbonyl (C=O) groups excluding carboxylic acids is 1. The van der Waals surface area contributed by atoms with Crippen molar-refractivity contribution in [2.24, 2.45) is 0 Å². The summed E-state index contributed by atoms with van der Waals surface area (Å²) >= 11 is 0. The van der Waals surface area contributed by atoms with E-state index in [1.165, 1.54) is 12.3 Å². The molecule has 0 aromatic heterocycles. The van der Waals surface area contributed by atoms with E-state index in [9.17, 15) is 4.79 Å². The van der Waals surface area contributed by atoms with Crippen molar-refractivity contribution >= 4 is 5.97 Å². The zero-order chi connectivity index (χ0) is 11.1. The van der Waals surface area contributed by atoms with Crippen molar-refractivity contribution in [3.8, 4) is 0 Å². The van der Waals surface area contributed by atoms with Crippen LogP contribution in [-0.4, -0.2) is 5.97 Å². The summed E-state index contributed by atoms with van der Waals surface area (Å²) in [7, 11) is 0. The molecule has 0 aromatic rings. The molecule has 1 N–H and O–H groups in total. The van der Waals surface area contributed by atoms with Gasteiger partial charge < -0.3 is 10.1 Å². The van der Waals surface area contributed by atoms with Gasteiger partial charge in [-0.2, -0.15) is 0 Å². The molecule has 0 bridgehead atoms.